The summed E-state index contributed by atoms with van der Waals surface area (Å²) in [4.78, 5) is 29.5. The van der Waals surface area contributed by atoms with Crippen LogP contribution in [-0.2, 0) is 11.2 Å². The lowest BCUT2D eigenvalue weighted by atomic mass is 9.87. The van der Waals surface area contributed by atoms with Crippen LogP contribution in [0.5, 0.6) is 11.5 Å². The summed E-state index contributed by atoms with van der Waals surface area (Å²) in [7, 11) is 3.34. The second-order valence-electron chi connectivity index (χ2n) is 9.12. The molecule has 1 aliphatic heterocycles. The summed E-state index contributed by atoms with van der Waals surface area (Å²) in [5, 5.41) is 3.21. The highest BCUT2D eigenvalue weighted by Gasteiger charge is 2.28. The quantitative estimate of drug-likeness (QED) is 0.408. The number of thioether (sulfide) groups is 1. The number of aryl methyl sites for hydroxylation is 1. The van der Waals surface area contributed by atoms with E-state index in [1.807, 2.05) is 55.5 Å². The van der Waals surface area contributed by atoms with Gasteiger partial charge in [0.2, 0.25) is 0 Å². The molecule has 3 aromatic carbocycles. The monoisotopic (exact) mass is 514 g/mol. The van der Waals surface area contributed by atoms with Crippen molar-refractivity contribution in [1.82, 2.24) is 5.32 Å². The van der Waals surface area contributed by atoms with E-state index in [1.165, 1.54) is 22.9 Å². The minimum absolute atomic E-state index is 0.00265. The first-order valence-corrected chi connectivity index (χ1v) is 13.3. The highest BCUT2D eigenvalue weighted by atomic mass is 32.2. The lowest BCUT2D eigenvalue weighted by Crippen LogP contribution is -2.32. The van der Waals surface area contributed by atoms with Gasteiger partial charge in [0.05, 0.1) is 30.4 Å². The molecule has 3 aromatic rings. The predicted octanol–water partition coefficient (Wildman–Crippen LogP) is 6.01. The third-order valence-electron chi connectivity index (χ3n) is 6.78. The van der Waals surface area contributed by atoms with Gasteiger partial charge in [-0.05, 0) is 79.3 Å². The zero-order chi connectivity index (χ0) is 25.9. The molecule has 1 aliphatic carbocycles. The smallest absolute Gasteiger partial charge is 0.264 e. The van der Waals surface area contributed by atoms with Gasteiger partial charge in [-0.25, -0.2) is 0 Å². The molecule has 1 heterocycles. The maximum Gasteiger partial charge on any atom is 0.264 e. The molecule has 2 aliphatic rings. The van der Waals surface area contributed by atoms with Crippen molar-refractivity contribution in [2.24, 2.45) is 0 Å². The van der Waals surface area contributed by atoms with Crippen LogP contribution >= 0.6 is 11.8 Å². The minimum Gasteiger partial charge on any atom is -0.493 e. The Bertz CT molecular complexity index is 1380. The predicted molar refractivity (Wildman–Crippen MR) is 147 cm³/mol. The molecule has 2 amide bonds. The van der Waals surface area contributed by atoms with Crippen molar-refractivity contribution in [3.8, 4) is 11.5 Å². The first-order valence-electron chi connectivity index (χ1n) is 12.5. The average Bonchev–Trinajstić information content (AvgIpc) is 2.92. The third-order valence-corrected chi connectivity index (χ3v) is 7.86. The van der Waals surface area contributed by atoms with Crippen molar-refractivity contribution >= 4 is 35.3 Å². The van der Waals surface area contributed by atoms with Crippen molar-refractivity contribution in [1.29, 1.82) is 0 Å². The van der Waals surface area contributed by atoms with E-state index >= 15 is 0 Å². The Morgan fingerprint density at radius 2 is 1.97 bits per heavy atom. The summed E-state index contributed by atoms with van der Waals surface area (Å²) >= 11 is 1.40. The van der Waals surface area contributed by atoms with E-state index in [0.29, 0.717) is 28.6 Å². The average molecular weight is 515 g/mol. The largest absolute Gasteiger partial charge is 0.493 e. The summed E-state index contributed by atoms with van der Waals surface area (Å²) < 4.78 is 11.0. The van der Waals surface area contributed by atoms with Crippen molar-refractivity contribution < 1.29 is 19.1 Å². The number of ether oxygens (including phenoxy) is 2. The van der Waals surface area contributed by atoms with Gasteiger partial charge < -0.3 is 19.7 Å². The van der Waals surface area contributed by atoms with Crippen molar-refractivity contribution in [2.75, 3.05) is 25.7 Å². The third kappa shape index (κ3) is 5.09. The number of carbonyl (C=O) groups excluding carboxylic acids is 2. The van der Waals surface area contributed by atoms with Crippen LogP contribution in [-0.4, -0.2) is 32.6 Å². The molecule has 0 aromatic heterocycles. The summed E-state index contributed by atoms with van der Waals surface area (Å²) in [6.45, 7) is 2.46. The number of hydrogen-bond acceptors (Lipinski definition) is 5. The van der Waals surface area contributed by atoms with E-state index in [-0.39, 0.29) is 17.9 Å². The van der Waals surface area contributed by atoms with Gasteiger partial charge in [-0.2, -0.15) is 0 Å². The van der Waals surface area contributed by atoms with Gasteiger partial charge in [0.25, 0.3) is 11.8 Å². The molecule has 0 unspecified atom stereocenters. The Hall–Kier alpha value is -3.71. The number of nitrogens with one attached hydrogen (secondary N) is 1. The van der Waals surface area contributed by atoms with Crippen LogP contribution in [0.15, 0.2) is 70.5 Å². The van der Waals surface area contributed by atoms with Crippen LogP contribution < -0.4 is 19.7 Å². The zero-order valence-corrected chi connectivity index (χ0v) is 22.1. The topological polar surface area (TPSA) is 67.9 Å². The maximum atomic E-state index is 13.2. The fourth-order valence-electron chi connectivity index (χ4n) is 4.88. The summed E-state index contributed by atoms with van der Waals surface area (Å²) in [5.74, 6) is 1.04. The van der Waals surface area contributed by atoms with Gasteiger partial charge in [0, 0.05) is 17.5 Å². The first-order chi connectivity index (χ1) is 18.0. The lowest BCUT2D eigenvalue weighted by Gasteiger charge is -2.28. The fraction of sp³-hybridized carbons (Fsp3) is 0.267. The van der Waals surface area contributed by atoms with E-state index in [0.717, 1.165) is 35.4 Å². The summed E-state index contributed by atoms with van der Waals surface area (Å²) in [6.07, 6.45) is 4.87. The first kappa shape index (κ1) is 25.0. The van der Waals surface area contributed by atoms with Crippen LogP contribution in [0.25, 0.3) is 6.08 Å². The molecule has 190 valence electrons. The number of hydrogen-bond donors (Lipinski definition) is 1. The van der Waals surface area contributed by atoms with Gasteiger partial charge >= 0.3 is 0 Å². The molecule has 1 N–H and O–H groups in total. The Morgan fingerprint density at radius 3 is 2.78 bits per heavy atom. The van der Waals surface area contributed by atoms with E-state index in [4.69, 9.17) is 9.47 Å². The summed E-state index contributed by atoms with van der Waals surface area (Å²) in [6, 6.07) is 19.5. The number of benzene rings is 3. The Morgan fingerprint density at radius 1 is 1.14 bits per heavy atom. The molecule has 37 heavy (non-hydrogen) atoms. The molecule has 0 saturated carbocycles. The van der Waals surface area contributed by atoms with Crippen LogP contribution in [0.4, 0.5) is 5.69 Å². The number of amides is 2. The highest BCUT2D eigenvalue weighted by Crippen LogP contribution is 2.42. The van der Waals surface area contributed by atoms with Gasteiger partial charge in [-0.15, -0.1) is 0 Å². The molecule has 1 atom stereocenters. The van der Waals surface area contributed by atoms with E-state index in [1.54, 1.807) is 25.1 Å². The Balaban J connectivity index is 1.37. The van der Waals surface area contributed by atoms with Crippen molar-refractivity contribution in [3.63, 3.8) is 0 Å². The van der Waals surface area contributed by atoms with Crippen molar-refractivity contribution in [3.05, 3.63) is 87.8 Å². The maximum absolute atomic E-state index is 13.2. The van der Waals surface area contributed by atoms with Crippen molar-refractivity contribution in [2.45, 2.75) is 37.1 Å². The molecular weight excluding hydrogens is 484 g/mol. The SMILES string of the molecule is CCOc1ccc(/C=C2/Sc3ccc(C(=O)N[C@H]4CCCc5ccccc54)cc3N(C)C2=O)cc1OC. The van der Waals surface area contributed by atoms with Gasteiger partial charge in [-0.3, -0.25) is 9.59 Å². The molecule has 0 saturated heterocycles. The Labute approximate surface area is 221 Å². The molecule has 6 nitrogen and oxygen atoms in total. The normalized spacial score (nSPS) is 17.7. The molecule has 0 radical (unpaired) electrons. The molecule has 0 bridgehead atoms. The van der Waals surface area contributed by atoms with Crippen LogP contribution in [0, 0.1) is 0 Å². The van der Waals surface area contributed by atoms with Gasteiger partial charge in [0.1, 0.15) is 0 Å². The number of likely N-dealkylation sites (N-methyl/N-ethyl adjacent to an activating group) is 1. The number of methoxy groups -OCH3 is 1. The van der Waals surface area contributed by atoms with Gasteiger partial charge in [0.15, 0.2) is 11.5 Å². The second kappa shape index (κ2) is 10.7. The van der Waals surface area contributed by atoms with Crippen LogP contribution in [0.2, 0.25) is 0 Å². The molecule has 5 rings (SSSR count). The minimum atomic E-state index is -0.127. The molecule has 0 spiro atoms. The fourth-order valence-corrected chi connectivity index (χ4v) is 5.97. The molecule has 0 fully saturated rings. The molecular formula is C30H30N2O4S. The van der Waals surface area contributed by atoms with E-state index in [9.17, 15) is 9.59 Å². The number of carbonyl (C=O) groups is 2. The number of fused-ring (bicyclic) bond motifs is 2. The zero-order valence-electron chi connectivity index (χ0n) is 21.2. The van der Waals surface area contributed by atoms with Crippen LogP contribution in [0.1, 0.15) is 52.9 Å². The van der Waals surface area contributed by atoms with E-state index in [2.05, 4.69) is 17.4 Å². The highest BCUT2D eigenvalue weighted by molar-refractivity contribution is 8.04. The second-order valence-corrected chi connectivity index (χ2v) is 10.2. The Kier molecular flexibility index (Phi) is 7.24. The van der Waals surface area contributed by atoms with E-state index < -0.39 is 0 Å². The number of rotatable bonds is 6. The van der Waals surface area contributed by atoms with Crippen LogP contribution in [0.3, 0.4) is 0 Å². The summed E-state index contributed by atoms with van der Waals surface area (Å²) in [5.41, 5.74) is 4.62. The number of anilines is 1. The standard InChI is InChI=1S/C30H30N2O4S/c1-4-36-25-14-12-19(16-26(25)35-3)17-28-30(34)32(2)24-18-21(13-15-27(24)37-28)29(33)31-23-11-7-9-20-8-5-6-10-22(20)23/h5-6,8,10,12-18,23H,4,7,9,11H2,1-3H3,(H,31,33)/b28-17+/t23-/m0/s1. The van der Waals surface area contributed by atoms with Gasteiger partial charge in [-0.1, -0.05) is 42.1 Å². The molecule has 7 heteroatoms. The lowest BCUT2D eigenvalue weighted by molar-refractivity contribution is -0.114. The number of nitrogens with zero attached hydrogens (tertiary/aromatic N) is 1.